The summed E-state index contributed by atoms with van der Waals surface area (Å²) in [5.74, 6) is -5.17. The van der Waals surface area contributed by atoms with Gasteiger partial charge >= 0.3 is 11.9 Å². The number of hydrogen-bond acceptors (Lipinski definition) is 3. The molecule has 0 fully saturated rings. The smallest absolute Gasteiger partial charge is 0.382 e. The lowest BCUT2D eigenvalue weighted by atomic mass is 10.1. The van der Waals surface area contributed by atoms with Gasteiger partial charge in [0.05, 0.1) is 12.2 Å². The zero-order chi connectivity index (χ0) is 11.5. The van der Waals surface area contributed by atoms with Gasteiger partial charge < -0.3 is 4.74 Å². The first kappa shape index (κ1) is 11.6. The predicted octanol–water partition coefficient (Wildman–Crippen LogP) is 2.04. The van der Waals surface area contributed by atoms with Crippen LogP contribution in [0.15, 0.2) is 18.5 Å². The Morgan fingerprint density at radius 2 is 2.20 bits per heavy atom. The van der Waals surface area contributed by atoms with Crippen molar-refractivity contribution in [2.24, 2.45) is 0 Å². The van der Waals surface area contributed by atoms with Crippen LogP contribution >= 0.6 is 0 Å². The van der Waals surface area contributed by atoms with Crippen molar-refractivity contribution in [3.05, 3.63) is 29.6 Å². The fourth-order valence-electron chi connectivity index (χ4n) is 1.07. The second-order valence-corrected chi connectivity index (χ2v) is 3.05. The molecule has 1 aromatic rings. The van der Waals surface area contributed by atoms with Crippen molar-refractivity contribution in [3.8, 4) is 0 Å². The van der Waals surface area contributed by atoms with Crippen LogP contribution in [0, 0.1) is 6.92 Å². The summed E-state index contributed by atoms with van der Waals surface area (Å²) in [5, 5.41) is 0. The Bertz CT molecular complexity index is 366. The van der Waals surface area contributed by atoms with Gasteiger partial charge in [0.2, 0.25) is 0 Å². The van der Waals surface area contributed by atoms with E-state index in [1.165, 1.54) is 19.2 Å². The van der Waals surface area contributed by atoms with E-state index < -0.39 is 17.5 Å². The van der Waals surface area contributed by atoms with Crippen LogP contribution in [0.2, 0.25) is 0 Å². The number of carbonyl (C=O) groups is 1. The molecule has 0 spiro atoms. The molecule has 15 heavy (non-hydrogen) atoms. The van der Waals surface area contributed by atoms with Crippen molar-refractivity contribution >= 4 is 5.97 Å². The molecule has 0 amide bonds. The van der Waals surface area contributed by atoms with Gasteiger partial charge in [-0.05, 0) is 25.5 Å². The van der Waals surface area contributed by atoms with Crippen molar-refractivity contribution in [2.75, 3.05) is 6.61 Å². The monoisotopic (exact) mass is 215 g/mol. The van der Waals surface area contributed by atoms with Crippen LogP contribution in [0.1, 0.15) is 18.1 Å². The van der Waals surface area contributed by atoms with E-state index >= 15 is 0 Å². The summed E-state index contributed by atoms with van der Waals surface area (Å²) >= 11 is 0. The number of nitrogens with zero attached hydrogens (tertiary/aromatic N) is 1. The van der Waals surface area contributed by atoms with E-state index in [1.54, 1.807) is 6.92 Å². The Kier molecular flexibility index (Phi) is 3.34. The van der Waals surface area contributed by atoms with Crippen LogP contribution in [0.4, 0.5) is 8.78 Å². The highest BCUT2D eigenvalue weighted by molar-refractivity contribution is 5.79. The fourth-order valence-corrected chi connectivity index (χ4v) is 1.07. The average Bonchev–Trinajstić information content (AvgIpc) is 2.18. The van der Waals surface area contributed by atoms with Gasteiger partial charge in [0.15, 0.2) is 0 Å². The average molecular weight is 215 g/mol. The minimum absolute atomic E-state index is 0.0757. The van der Waals surface area contributed by atoms with E-state index in [-0.39, 0.29) is 6.61 Å². The van der Waals surface area contributed by atoms with E-state index in [4.69, 9.17) is 0 Å². The quantitative estimate of drug-likeness (QED) is 0.724. The molecule has 82 valence electrons. The number of ether oxygens (including phenoxy) is 1. The molecule has 0 N–H and O–H groups in total. The van der Waals surface area contributed by atoms with Gasteiger partial charge in [-0.3, -0.25) is 4.98 Å². The third-order valence-electron chi connectivity index (χ3n) is 1.77. The molecule has 0 saturated carbocycles. The van der Waals surface area contributed by atoms with Gasteiger partial charge in [0.25, 0.3) is 0 Å². The Balaban J connectivity index is 2.99. The molecule has 0 saturated heterocycles. The summed E-state index contributed by atoms with van der Waals surface area (Å²) in [6, 6.07) is 1.21. The molecule has 0 unspecified atom stereocenters. The van der Waals surface area contributed by atoms with Crippen LogP contribution in [0.3, 0.4) is 0 Å². The first-order chi connectivity index (χ1) is 6.98. The van der Waals surface area contributed by atoms with Gasteiger partial charge in [0.1, 0.15) is 0 Å². The summed E-state index contributed by atoms with van der Waals surface area (Å²) in [5.41, 5.74) is 0.123. The van der Waals surface area contributed by atoms with E-state index in [0.717, 1.165) is 6.20 Å². The molecule has 0 aromatic carbocycles. The van der Waals surface area contributed by atoms with Gasteiger partial charge in [0, 0.05) is 12.4 Å². The summed E-state index contributed by atoms with van der Waals surface area (Å²) in [4.78, 5) is 14.6. The van der Waals surface area contributed by atoms with Crippen LogP contribution in [0.25, 0.3) is 0 Å². The van der Waals surface area contributed by atoms with Crippen molar-refractivity contribution < 1.29 is 18.3 Å². The number of halogens is 2. The lowest BCUT2D eigenvalue weighted by molar-refractivity contribution is -0.173. The van der Waals surface area contributed by atoms with Crippen molar-refractivity contribution in [3.63, 3.8) is 0 Å². The zero-order valence-electron chi connectivity index (χ0n) is 8.46. The molecular formula is C10H11F2NO2. The number of pyridine rings is 1. The maximum atomic E-state index is 13.4. The number of hydrogen-bond donors (Lipinski definition) is 0. The molecule has 0 aliphatic heterocycles. The van der Waals surface area contributed by atoms with E-state index in [1.807, 2.05) is 0 Å². The summed E-state index contributed by atoms with van der Waals surface area (Å²) in [6.45, 7) is 3.02. The molecular weight excluding hydrogens is 204 g/mol. The highest BCUT2D eigenvalue weighted by atomic mass is 19.3. The van der Waals surface area contributed by atoms with Crippen LogP contribution < -0.4 is 0 Å². The van der Waals surface area contributed by atoms with Gasteiger partial charge in [-0.1, -0.05) is 0 Å². The third-order valence-corrected chi connectivity index (χ3v) is 1.77. The molecule has 0 atom stereocenters. The van der Waals surface area contributed by atoms with E-state index in [9.17, 15) is 13.6 Å². The van der Waals surface area contributed by atoms with Crippen molar-refractivity contribution in [1.82, 2.24) is 4.98 Å². The molecule has 3 nitrogen and oxygen atoms in total. The predicted molar refractivity (Wildman–Crippen MR) is 49.5 cm³/mol. The molecule has 1 rings (SSSR count). The maximum absolute atomic E-state index is 13.4. The normalized spacial score (nSPS) is 11.2. The Morgan fingerprint density at radius 3 is 2.73 bits per heavy atom. The van der Waals surface area contributed by atoms with Crippen LogP contribution in [0.5, 0.6) is 0 Å². The molecule has 1 aromatic heterocycles. The Labute approximate surface area is 86.1 Å². The lowest BCUT2D eigenvalue weighted by Crippen LogP contribution is -2.28. The number of rotatable bonds is 3. The van der Waals surface area contributed by atoms with Crippen molar-refractivity contribution in [1.29, 1.82) is 0 Å². The number of esters is 1. The summed E-state index contributed by atoms with van der Waals surface area (Å²) in [7, 11) is 0. The molecule has 0 aliphatic carbocycles. The molecule has 0 radical (unpaired) electrons. The van der Waals surface area contributed by atoms with Crippen molar-refractivity contribution in [2.45, 2.75) is 19.8 Å². The molecule has 1 heterocycles. The second-order valence-electron chi connectivity index (χ2n) is 3.05. The van der Waals surface area contributed by atoms with Gasteiger partial charge in [-0.25, -0.2) is 4.79 Å². The molecule has 5 heteroatoms. The van der Waals surface area contributed by atoms with E-state index in [2.05, 4.69) is 9.72 Å². The number of aromatic nitrogens is 1. The van der Waals surface area contributed by atoms with E-state index in [0.29, 0.717) is 5.56 Å². The third kappa shape index (κ3) is 2.49. The summed E-state index contributed by atoms with van der Waals surface area (Å²) in [6.07, 6.45) is 2.40. The standard InChI is InChI=1S/C10H11F2NO2/c1-3-15-9(14)10(11,12)8-4-7(2)5-13-6-8/h4-6H,3H2,1-2H3. The lowest BCUT2D eigenvalue weighted by Gasteiger charge is -2.14. The van der Waals surface area contributed by atoms with Gasteiger partial charge in [-0.15, -0.1) is 0 Å². The molecule has 0 bridgehead atoms. The SMILES string of the molecule is CCOC(=O)C(F)(F)c1cncc(C)c1. The molecule has 0 aliphatic rings. The van der Waals surface area contributed by atoms with Crippen LogP contribution in [-0.4, -0.2) is 17.6 Å². The number of alkyl halides is 2. The Hall–Kier alpha value is -1.52. The Morgan fingerprint density at radius 1 is 1.53 bits per heavy atom. The van der Waals surface area contributed by atoms with Gasteiger partial charge in [-0.2, -0.15) is 8.78 Å². The topological polar surface area (TPSA) is 39.2 Å². The fraction of sp³-hybridized carbons (Fsp3) is 0.400. The highest BCUT2D eigenvalue weighted by Crippen LogP contribution is 2.29. The summed E-state index contributed by atoms with van der Waals surface area (Å²) < 4.78 is 31.1. The minimum Gasteiger partial charge on any atom is -0.461 e. The largest absolute Gasteiger partial charge is 0.461 e. The van der Waals surface area contributed by atoms with Crippen LogP contribution in [-0.2, 0) is 15.5 Å². The first-order valence-corrected chi connectivity index (χ1v) is 4.45. The maximum Gasteiger partial charge on any atom is 0.382 e. The zero-order valence-corrected chi connectivity index (χ0v) is 8.46. The number of carbonyl (C=O) groups excluding carboxylic acids is 1. The first-order valence-electron chi connectivity index (χ1n) is 4.45. The second kappa shape index (κ2) is 4.33. The minimum atomic E-state index is -3.63. The highest BCUT2D eigenvalue weighted by Gasteiger charge is 2.42. The number of aryl methyl sites for hydroxylation is 1.